The molecule has 1 aliphatic rings. The van der Waals surface area contributed by atoms with Gasteiger partial charge in [-0.05, 0) is 57.9 Å². The van der Waals surface area contributed by atoms with E-state index in [2.05, 4.69) is 53.2 Å². The number of aromatic nitrogens is 1. The summed E-state index contributed by atoms with van der Waals surface area (Å²) >= 11 is 3.72. The summed E-state index contributed by atoms with van der Waals surface area (Å²) < 4.78 is 19.7. The summed E-state index contributed by atoms with van der Waals surface area (Å²) in [7, 11) is 3.30. The highest BCUT2D eigenvalue weighted by Gasteiger charge is 2.49. The molecule has 1 aliphatic carbocycles. The molecule has 3 rings (SSSR count). The van der Waals surface area contributed by atoms with Crippen LogP contribution >= 0.6 is 15.9 Å². The van der Waals surface area contributed by atoms with Crippen LogP contribution in [-0.4, -0.2) is 29.9 Å². The van der Waals surface area contributed by atoms with Gasteiger partial charge in [0.2, 0.25) is 0 Å². The molecule has 6 nitrogen and oxygen atoms in total. The van der Waals surface area contributed by atoms with E-state index in [0.29, 0.717) is 12.2 Å². The van der Waals surface area contributed by atoms with Gasteiger partial charge in [0.05, 0.1) is 12.5 Å². The third kappa shape index (κ3) is 5.06. The lowest BCUT2D eigenvalue weighted by atomic mass is 9.63. The van der Waals surface area contributed by atoms with E-state index in [1.165, 1.54) is 7.11 Å². The van der Waals surface area contributed by atoms with Gasteiger partial charge in [-0.2, -0.15) is 0 Å². The Morgan fingerprint density at radius 3 is 2.46 bits per heavy atom. The van der Waals surface area contributed by atoms with Gasteiger partial charge in [0.15, 0.2) is 0 Å². The number of rotatable bonds is 5. The van der Waals surface area contributed by atoms with Crippen LogP contribution in [0.1, 0.15) is 53.5 Å². The molecule has 0 saturated heterocycles. The van der Waals surface area contributed by atoms with Crippen LogP contribution in [0.2, 0.25) is 0 Å². The SMILES string of the molecule is C=C[C@@]1(C)C=C(OC(=O)OC)[C@@H](C(C)(C)c2cn(C)c3cccc(Br)c23)C[C@@H]1OC(=O)C(C)(C)C. The first-order chi connectivity index (χ1) is 16.2. The fourth-order valence-electron chi connectivity index (χ4n) is 4.72. The lowest BCUT2D eigenvalue weighted by Gasteiger charge is -2.45. The second-order valence-electron chi connectivity index (χ2n) is 11.1. The minimum absolute atomic E-state index is 0.286. The second kappa shape index (κ2) is 9.49. The van der Waals surface area contributed by atoms with Crippen molar-refractivity contribution in [2.45, 2.75) is 59.5 Å². The van der Waals surface area contributed by atoms with Crippen LogP contribution in [0.3, 0.4) is 0 Å². The minimum atomic E-state index is -0.785. The molecule has 0 amide bonds. The largest absolute Gasteiger partial charge is 0.513 e. The van der Waals surface area contributed by atoms with Crippen LogP contribution in [0.4, 0.5) is 4.79 Å². The standard InChI is InChI=1S/C28H36BrNO5/c1-10-28(7)15-21(34-25(32)33-9)17(14-22(28)35-24(31)26(2,3)4)27(5,6)18-16-30(8)20-13-11-12-19(29)23(18)20/h10-13,15-17,22H,1,14H2,2-9H3/t17-,22-,28-/m0/s1. The Hall–Kier alpha value is -2.54. The Balaban J connectivity index is 2.18. The number of benzene rings is 1. The fraction of sp³-hybridized carbons (Fsp3) is 0.500. The quantitative estimate of drug-likeness (QED) is 0.297. The van der Waals surface area contributed by atoms with Gasteiger partial charge in [-0.3, -0.25) is 4.79 Å². The maximum absolute atomic E-state index is 12.9. The van der Waals surface area contributed by atoms with Gasteiger partial charge in [-0.15, -0.1) is 6.58 Å². The number of nitrogens with zero attached hydrogens (tertiary/aromatic N) is 1. The molecule has 0 aliphatic heterocycles. The summed E-state index contributed by atoms with van der Waals surface area (Å²) in [5.74, 6) is -0.0905. The van der Waals surface area contributed by atoms with E-state index < -0.39 is 28.5 Å². The molecule has 1 aromatic heterocycles. The zero-order valence-corrected chi connectivity index (χ0v) is 23.5. The first kappa shape index (κ1) is 27.1. The number of carbonyl (C=O) groups is 2. The average Bonchev–Trinajstić information content (AvgIpc) is 3.13. The summed E-state index contributed by atoms with van der Waals surface area (Å²) in [6.45, 7) is 15.7. The van der Waals surface area contributed by atoms with Crippen molar-refractivity contribution in [1.29, 1.82) is 0 Å². The summed E-state index contributed by atoms with van der Waals surface area (Å²) in [5, 5.41) is 1.10. The molecule has 7 heteroatoms. The number of aryl methyl sites for hydroxylation is 1. The van der Waals surface area contributed by atoms with Crippen molar-refractivity contribution in [3.8, 4) is 0 Å². The topological polar surface area (TPSA) is 66.8 Å². The van der Waals surface area contributed by atoms with E-state index in [1.807, 2.05) is 53.0 Å². The number of carbonyl (C=O) groups excluding carboxylic acids is 2. The Labute approximate surface area is 216 Å². The highest BCUT2D eigenvalue weighted by Crippen LogP contribution is 2.50. The normalized spacial score (nSPS) is 22.9. The monoisotopic (exact) mass is 545 g/mol. The molecule has 0 saturated carbocycles. The Morgan fingerprint density at radius 2 is 1.89 bits per heavy atom. The Morgan fingerprint density at radius 1 is 1.23 bits per heavy atom. The molecule has 1 aromatic carbocycles. The molecule has 0 N–H and O–H groups in total. The summed E-state index contributed by atoms with van der Waals surface area (Å²) in [5.41, 5.74) is 0.299. The van der Waals surface area contributed by atoms with Gasteiger partial charge in [0, 0.05) is 45.4 Å². The fourth-order valence-corrected chi connectivity index (χ4v) is 5.29. The maximum Gasteiger partial charge on any atom is 0.513 e. The summed E-state index contributed by atoms with van der Waals surface area (Å²) in [4.78, 5) is 25.1. The molecule has 0 radical (unpaired) electrons. The molecule has 35 heavy (non-hydrogen) atoms. The van der Waals surface area contributed by atoms with Crippen LogP contribution in [0.5, 0.6) is 0 Å². The number of methoxy groups -OCH3 is 1. The molecule has 190 valence electrons. The number of halogens is 1. The third-order valence-electron chi connectivity index (χ3n) is 7.14. The number of esters is 1. The first-order valence-corrected chi connectivity index (χ1v) is 12.5. The van der Waals surface area contributed by atoms with Crippen LogP contribution in [0.15, 0.2) is 53.4 Å². The molecule has 0 unspecified atom stereocenters. The highest BCUT2D eigenvalue weighted by atomic mass is 79.9. The first-order valence-electron chi connectivity index (χ1n) is 11.7. The predicted molar refractivity (Wildman–Crippen MR) is 141 cm³/mol. The lowest BCUT2D eigenvalue weighted by Crippen LogP contribution is -2.46. The minimum Gasteiger partial charge on any atom is -0.461 e. The molecule has 1 heterocycles. The highest BCUT2D eigenvalue weighted by molar-refractivity contribution is 9.10. The van der Waals surface area contributed by atoms with Crippen molar-refractivity contribution in [3.63, 3.8) is 0 Å². The Kier molecular flexibility index (Phi) is 7.34. The predicted octanol–water partition coefficient (Wildman–Crippen LogP) is 7.06. The van der Waals surface area contributed by atoms with E-state index in [1.54, 1.807) is 6.08 Å². The smallest absolute Gasteiger partial charge is 0.461 e. The van der Waals surface area contributed by atoms with Crippen molar-refractivity contribution in [2.24, 2.45) is 23.8 Å². The molecular formula is C28H36BrNO5. The van der Waals surface area contributed by atoms with Gasteiger partial charge in [0.25, 0.3) is 0 Å². The molecule has 0 fully saturated rings. The molecular weight excluding hydrogens is 510 g/mol. The number of allylic oxidation sites excluding steroid dienone is 1. The van der Waals surface area contributed by atoms with Crippen molar-refractivity contribution in [3.05, 3.63) is 58.9 Å². The molecule has 3 atom stereocenters. The number of hydrogen-bond donors (Lipinski definition) is 0. The van der Waals surface area contributed by atoms with Gasteiger partial charge >= 0.3 is 12.1 Å². The van der Waals surface area contributed by atoms with E-state index in [4.69, 9.17) is 14.2 Å². The second-order valence-corrected chi connectivity index (χ2v) is 12.0. The van der Waals surface area contributed by atoms with Crippen molar-refractivity contribution < 1.29 is 23.8 Å². The zero-order valence-electron chi connectivity index (χ0n) is 21.9. The van der Waals surface area contributed by atoms with Crippen molar-refractivity contribution in [2.75, 3.05) is 7.11 Å². The van der Waals surface area contributed by atoms with Gasteiger partial charge in [0.1, 0.15) is 11.9 Å². The van der Waals surface area contributed by atoms with Gasteiger partial charge in [-0.1, -0.05) is 41.9 Å². The Bertz CT molecular complexity index is 1190. The third-order valence-corrected chi connectivity index (χ3v) is 7.80. The van der Waals surface area contributed by atoms with E-state index in [-0.39, 0.29) is 11.9 Å². The van der Waals surface area contributed by atoms with Gasteiger partial charge < -0.3 is 18.8 Å². The number of fused-ring (bicyclic) bond motifs is 1. The van der Waals surface area contributed by atoms with Crippen molar-refractivity contribution in [1.82, 2.24) is 4.57 Å². The maximum atomic E-state index is 12.9. The molecule has 0 bridgehead atoms. The van der Waals surface area contributed by atoms with Crippen molar-refractivity contribution >= 4 is 39.0 Å². The number of ether oxygens (including phenoxy) is 3. The van der Waals surface area contributed by atoms with Gasteiger partial charge in [-0.25, -0.2) is 4.79 Å². The van der Waals surface area contributed by atoms with Crippen LogP contribution in [-0.2, 0) is 31.5 Å². The van der Waals surface area contributed by atoms with E-state index >= 15 is 0 Å². The summed E-state index contributed by atoms with van der Waals surface area (Å²) in [6.07, 6.45) is 4.88. The van der Waals surface area contributed by atoms with E-state index in [0.717, 1.165) is 20.9 Å². The summed E-state index contributed by atoms with van der Waals surface area (Å²) in [6, 6.07) is 6.10. The molecule has 2 aromatic rings. The zero-order chi connectivity index (χ0) is 26.3. The van der Waals surface area contributed by atoms with E-state index in [9.17, 15) is 9.59 Å². The average molecular weight is 547 g/mol. The molecule has 0 spiro atoms. The van der Waals surface area contributed by atoms with Crippen LogP contribution < -0.4 is 0 Å². The number of hydrogen-bond acceptors (Lipinski definition) is 5. The lowest BCUT2D eigenvalue weighted by molar-refractivity contribution is -0.164. The van der Waals surface area contributed by atoms with Crippen LogP contribution in [0.25, 0.3) is 10.9 Å². The van der Waals surface area contributed by atoms with Crippen LogP contribution in [0, 0.1) is 16.7 Å².